The number of hydrogen-bond acceptors (Lipinski definition) is 4. The number of phenols is 1. The van der Waals surface area contributed by atoms with Gasteiger partial charge in [0.1, 0.15) is 5.75 Å². The maximum absolute atomic E-state index is 12.5. The Labute approximate surface area is 159 Å². The second kappa shape index (κ2) is 7.62. The molecule has 0 aliphatic carbocycles. The first-order valence-electron chi connectivity index (χ1n) is 7.88. The third-order valence-corrected chi connectivity index (χ3v) is 4.63. The molecule has 3 aromatic rings. The zero-order valence-corrected chi connectivity index (χ0v) is 15.9. The minimum Gasteiger partial charge on any atom is -0.503 e. The van der Waals surface area contributed by atoms with Gasteiger partial charge in [-0.2, -0.15) is 0 Å². The van der Waals surface area contributed by atoms with Gasteiger partial charge >= 0.3 is 0 Å². The average Bonchev–Trinajstić information content (AvgIpc) is 2.67. The molecule has 0 aliphatic rings. The van der Waals surface area contributed by atoms with Gasteiger partial charge in [0, 0.05) is 5.56 Å². The lowest BCUT2D eigenvalue weighted by atomic mass is 10.0. The molecule has 5 heteroatoms. The summed E-state index contributed by atoms with van der Waals surface area (Å²) in [6, 6.07) is 14.7. The van der Waals surface area contributed by atoms with E-state index in [9.17, 15) is 9.90 Å². The first-order valence-corrected chi connectivity index (χ1v) is 8.68. The summed E-state index contributed by atoms with van der Waals surface area (Å²) in [6.07, 6.45) is 3.19. The number of methoxy groups -OCH3 is 2. The Morgan fingerprint density at radius 2 is 1.73 bits per heavy atom. The lowest BCUT2D eigenvalue weighted by Crippen LogP contribution is -1.94. The maximum Gasteiger partial charge on any atom is 0.185 e. The van der Waals surface area contributed by atoms with Crippen LogP contribution in [0.1, 0.15) is 15.9 Å². The average molecular weight is 413 g/mol. The van der Waals surface area contributed by atoms with Gasteiger partial charge in [0.05, 0.1) is 18.7 Å². The van der Waals surface area contributed by atoms with E-state index in [0.29, 0.717) is 15.8 Å². The molecular formula is C21H17BrO4. The van der Waals surface area contributed by atoms with E-state index in [4.69, 9.17) is 9.47 Å². The summed E-state index contributed by atoms with van der Waals surface area (Å²) < 4.78 is 10.8. The smallest absolute Gasteiger partial charge is 0.185 e. The van der Waals surface area contributed by atoms with Crippen LogP contribution in [0.4, 0.5) is 0 Å². The molecule has 0 heterocycles. The van der Waals surface area contributed by atoms with Gasteiger partial charge in [-0.15, -0.1) is 0 Å². The first-order chi connectivity index (χ1) is 12.5. The Kier molecular flexibility index (Phi) is 5.28. The topological polar surface area (TPSA) is 55.8 Å². The minimum atomic E-state index is -0.106. The Morgan fingerprint density at radius 1 is 1.00 bits per heavy atom. The van der Waals surface area contributed by atoms with Crippen LogP contribution < -0.4 is 9.47 Å². The molecule has 0 unspecified atom stereocenters. The number of rotatable bonds is 5. The number of allylic oxidation sites excluding steroid dienone is 1. The van der Waals surface area contributed by atoms with Crippen LogP contribution in [0.5, 0.6) is 17.2 Å². The van der Waals surface area contributed by atoms with Crippen LogP contribution in [0.25, 0.3) is 16.8 Å². The highest BCUT2D eigenvalue weighted by Gasteiger charge is 2.08. The highest BCUT2D eigenvalue weighted by molar-refractivity contribution is 9.10. The van der Waals surface area contributed by atoms with Gasteiger partial charge in [-0.25, -0.2) is 0 Å². The second-order valence-electron chi connectivity index (χ2n) is 5.68. The lowest BCUT2D eigenvalue weighted by Gasteiger charge is -2.06. The molecule has 0 radical (unpaired) electrons. The van der Waals surface area contributed by atoms with Crippen LogP contribution in [-0.2, 0) is 0 Å². The number of hydrogen-bond donors (Lipinski definition) is 1. The van der Waals surface area contributed by atoms with E-state index in [0.717, 1.165) is 22.1 Å². The van der Waals surface area contributed by atoms with E-state index in [1.807, 2.05) is 30.3 Å². The van der Waals surface area contributed by atoms with Gasteiger partial charge in [-0.3, -0.25) is 4.79 Å². The molecular weight excluding hydrogens is 396 g/mol. The largest absolute Gasteiger partial charge is 0.503 e. The van der Waals surface area contributed by atoms with Crippen LogP contribution in [-0.4, -0.2) is 25.1 Å². The van der Waals surface area contributed by atoms with Crippen LogP contribution in [0, 0.1) is 0 Å². The van der Waals surface area contributed by atoms with Crippen molar-refractivity contribution in [1.82, 2.24) is 0 Å². The van der Waals surface area contributed by atoms with Crippen molar-refractivity contribution in [1.29, 1.82) is 0 Å². The molecule has 0 aromatic heterocycles. The third kappa shape index (κ3) is 3.73. The van der Waals surface area contributed by atoms with Gasteiger partial charge in [0.25, 0.3) is 0 Å². The number of halogens is 1. The first kappa shape index (κ1) is 18.0. The van der Waals surface area contributed by atoms with E-state index in [-0.39, 0.29) is 11.5 Å². The highest BCUT2D eigenvalue weighted by atomic mass is 79.9. The summed E-state index contributed by atoms with van der Waals surface area (Å²) in [7, 11) is 3.10. The Bertz CT molecular complexity index is 1010. The maximum atomic E-state index is 12.5. The molecule has 4 nitrogen and oxygen atoms in total. The van der Waals surface area contributed by atoms with Crippen molar-refractivity contribution in [3.05, 3.63) is 70.2 Å². The molecule has 0 atom stereocenters. The van der Waals surface area contributed by atoms with Crippen LogP contribution in [0.3, 0.4) is 0 Å². The fourth-order valence-corrected chi connectivity index (χ4v) is 3.08. The highest BCUT2D eigenvalue weighted by Crippen LogP contribution is 2.35. The molecule has 0 bridgehead atoms. The quantitative estimate of drug-likeness (QED) is 0.460. The number of carbonyl (C=O) groups excluding carboxylic acids is 1. The summed E-state index contributed by atoms with van der Waals surface area (Å²) >= 11 is 3.27. The SMILES string of the molecule is COc1ccc2cc(C(=O)/C=C/c3cc(Br)c(O)c(OC)c3)ccc2c1. The zero-order valence-electron chi connectivity index (χ0n) is 14.3. The Morgan fingerprint density at radius 3 is 2.46 bits per heavy atom. The number of carbonyl (C=O) groups is 1. The van der Waals surface area contributed by atoms with Crippen molar-refractivity contribution in [2.24, 2.45) is 0 Å². The fraction of sp³-hybridized carbons (Fsp3) is 0.0952. The van der Waals surface area contributed by atoms with Gasteiger partial charge in [-0.05, 0) is 68.7 Å². The van der Waals surface area contributed by atoms with Gasteiger partial charge in [0.2, 0.25) is 0 Å². The standard InChI is InChI=1S/C21H17BrO4/c1-25-17-7-6-14-11-16(5-4-15(14)12-17)19(23)8-3-13-9-18(22)21(24)20(10-13)26-2/h3-12,24H,1-2H3/b8-3+. The number of benzene rings is 3. The number of aromatic hydroxyl groups is 1. The number of fused-ring (bicyclic) bond motifs is 1. The van der Waals surface area contributed by atoms with E-state index >= 15 is 0 Å². The summed E-state index contributed by atoms with van der Waals surface area (Å²) in [6.45, 7) is 0. The van der Waals surface area contributed by atoms with Gasteiger partial charge in [-0.1, -0.05) is 24.3 Å². The summed E-state index contributed by atoms with van der Waals surface area (Å²) in [4.78, 5) is 12.5. The van der Waals surface area contributed by atoms with Crippen molar-refractivity contribution in [3.63, 3.8) is 0 Å². The minimum absolute atomic E-state index is 0.0286. The van der Waals surface area contributed by atoms with Crippen LogP contribution in [0.15, 0.2) is 59.1 Å². The summed E-state index contributed by atoms with van der Waals surface area (Å²) in [5.41, 5.74) is 1.34. The number of ether oxygens (including phenoxy) is 2. The Hall–Kier alpha value is -2.79. The molecule has 0 aliphatic heterocycles. The van der Waals surface area contributed by atoms with E-state index in [1.54, 1.807) is 31.4 Å². The number of phenolic OH excluding ortho intramolecular Hbond substituents is 1. The zero-order chi connectivity index (χ0) is 18.7. The Balaban J connectivity index is 1.87. The van der Waals surface area contributed by atoms with Crippen LogP contribution >= 0.6 is 15.9 Å². The summed E-state index contributed by atoms with van der Waals surface area (Å²) in [5.74, 6) is 1.04. The number of ketones is 1. The molecule has 3 aromatic carbocycles. The van der Waals surface area contributed by atoms with Gasteiger partial charge < -0.3 is 14.6 Å². The molecule has 0 saturated heterocycles. The van der Waals surface area contributed by atoms with E-state index in [1.165, 1.54) is 13.2 Å². The fourth-order valence-electron chi connectivity index (χ4n) is 2.62. The van der Waals surface area contributed by atoms with Gasteiger partial charge in [0.15, 0.2) is 17.3 Å². The third-order valence-electron chi connectivity index (χ3n) is 4.03. The molecule has 1 N–H and O–H groups in total. The van der Waals surface area contributed by atoms with E-state index in [2.05, 4.69) is 15.9 Å². The molecule has 132 valence electrons. The van der Waals surface area contributed by atoms with Crippen molar-refractivity contribution in [2.45, 2.75) is 0 Å². The molecule has 0 saturated carbocycles. The van der Waals surface area contributed by atoms with E-state index < -0.39 is 0 Å². The predicted octanol–water partition coefficient (Wildman–Crippen LogP) is 5.22. The summed E-state index contributed by atoms with van der Waals surface area (Å²) in [5, 5.41) is 11.8. The second-order valence-corrected chi connectivity index (χ2v) is 6.53. The van der Waals surface area contributed by atoms with Crippen molar-refractivity contribution < 1.29 is 19.4 Å². The predicted molar refractivity (Wildman–Crippen MR) is 106 cm³/mol. The molecule has 3 rings (SSSR count). The molecule has 0 fully saturated rings. The normalized spacial score (nSPS) is 11.0. The van der Waals surface area contributed by atoms with Crippen molar-refractivity contribution >= 4 is 38.6 Å². The van der Waals surface area contributed by atoms with Crippen molar-refractivity contribution in [3.8, 4) is 17.2 Å². The lowest BCUT2D eigenvalue weighted by molar-refractivity contribution is 0.104. The molecule has 0 amide bonds. The van der Waals surface area contributed by atoms with Crippen molar-refractivity contribution in [2.75, 3.05) is 14.2 Å². The van der Waals surface area contributed by atoms with Crippen LogP contribution in [0.2, 0.25) is 0 Å². The molecule has 0 spiro atoms. The monoisotopic (exact) mass is 412 g/mol. The molecule has 26 heavy (non-hydrogen) atoms.